The minimum Gasteiger partial charge on any atom is -0.487 e. The van der Waals surface area contributed by atoms with Crippen molar-refractivity contribution in [1.82, 2.24) is 14.8 Å². The molecule has 1 fully saturated rings. The maximum Gasteiger partial charge on any atom is 0.274 e. The second kappa shape index (κ2) is 10.5. The summed E-state index contributed by atoms with van der Waals surface area (Å²) < 4.78 is 34.8. The molecule has 4 heterocycles. The van der Waals surface area contributed by atoms with Gasteiger partial charge in [-0.2, -0.15) is 0 Å². The molecule has 12 heteroatoms. The van der Waals surface area contributed by atoms with E-state index in [0.717, 1.165) is 12.5 Å². The van der Waals surface area contributed by atoms with Crippen LogP contribution in [0.25, 0.3) is 0 Å². The number of rotatable bonds is 7. The maximum atomic E-state index is 14.2. The Bertz CT molecular complexity index is 1490. The van der Waals surface area contributed by atoms with E-state index < -0.39 is 40.5 Å². The smallest absolute Gasteiger partial charge is 0.274 e. The molecule has 2 aromatic rings. The highest BCUT2D eigenvalue weighted by Crippen LogP contribution is 2.44. The van der Waals surface area contributed by atoms with Crippen LogP contribution in [0.4, 0.5) is 8.78 Å². The standard InChI is InChI=1S/C28H30F2N4O6/c1-4-5-10-39-24-22-27(38)33-14-21(28(9-8-15(33)2)25(36)16(3)32-40-28)34(22)13-19(23(24)35)26(37)31-12-17-6-7-18(29)11-20(17)30/h6-7,11,13,15,21H,4-5,8-10,12,14H2,1-3H3,(H,31,37)/t15-,21+,28-/m0/s1. The number of hydrogen-bond donors (Lipinski definition) is 1. The predicted molar refractivity (Wildman–Crippen MR) is 139 cm³/mol. The molecule has 0 aliphatic carbocycles. The maximum absolute atomic E-state index is 14.2. The summed E-state index contributed by atoms with van der Waals surface area (Å²) in [6, 6.07) is 1.90. The van der Waals surface area contributed by atoms with Gasteiger partial charge in [-0.1, -0.05) is 24.6 Å². The Balaban J connectivity index is 1.62. The van der Waals surface area contributed by atoms with Crippen molar-refractivity contribution in [3.8, 4) is 5.75 Å². The lowest BCUT2D eigenvalue weighted by atomic mass is 9.83. The first kappa shape index (κ1) is 27.5. The molecular formula is C28H30F2N4O6. The third-order valence-corrected chi connectivity index (χ3v) is 7.87. The monoisotopic (exact) mass is 556 g/mol. The Morgan fingerprint density at radius 3 is 2.73 bits per heavy atom. The minimum absolute atomic E-state index is 0.0207. The van der Waals surface area contributed by atoms with Crippen molar-refractivity contribution >= 4 is 23.3 Å². The minimum atomic E-state index is -1.43. The molecule has 212 valence electrons. The van der Waals surface area contributed by atoms with Crippen LogP contribution in [0, 0.1) is 11.6 Å². The summed E-state index contributed by atoms with van der Waals surface area (Å²) in [5.41, 5.74) is -2.43. The van der Waals surface area contributed by atoms with Crippen LogP contribution in [0.5, 0.6) is 5.75 Å². The van der Waals surface area contributed by atoms with Gasteiger partial charge in [-0.15, -0.1) is 0 Å². The zero-order valence-electron chi connectivity index (χ0n) is 22.5. The van der Waals surface area contributed by atoms with Crippen LogP contribution in [0.2, 0.25) is 0 Å². The van der Waals surface area contributed by atoms with Crippen LogP contribution in [0.3, 0.4) is 0 Å². The van der Waals surface area contributed by atoms with Gasteiger partial charge in [0.1, 0.15) is 29.0 Å². The van der Waals surface area contributed by atoms with E-state index in [2.05, 4.69) is 10.5 Å². The summed E-state index contributed by atoms with van der Waals surface area (Å²) in [6.45, 7) is 5.26. The second-order valence-electron chi connectivity index (χ2n) is 10.4. The second-order valence-corrected chi connectivity index (χ2v) is 10.4. The van der Waals surface area contributed by atoms with Crippen molar-refractivity contribution in [2.24, 2.45) is 5.16 Å². The fraction of sp³-hybridized carbons (Fsp3) is 0.464. The number of ether oxygens (including phenoxy) is 1. The number of halogens is 2. The highest BCUT2D eigenvalue weighted by atomic mass is 19.1. The number of nitrogens with zero attached hydrogens (tertiary/aromatic N) is 3. The number of unbranched alkanes of at least 4 members (excludes halogenated alkanes) is 1. The molecule has 1 aromatic heterocycles. The molecule has 0 unspecified atom stereocenters. The molecule has 2 amide bonds. The molecule has 3 aliphatic rings. The van der Waals surface area contributed by atoms with Gasteiger partial charge in [-0.05, 0) is 32.8 Å². The molecule has 1 spiro atoms. The van der Waals surface area contributed by atoms with E-state index in [0.29, 0.717) is 18.9 Å². The third-order valence-electron chi connectivity index (χ3n) is 7.87. The van der Waals surface area contributed by atoms with Crippen molar-refractivity contribution in [2.45, 2.75) is 70.7 Å². The number of amides is 2. The molecule has 1 aromatic carbocycles. The zero-order chi connectivity index (χ0) is 28.8. The largest absolute Gasteiger partial charge is 0.487 e. The van der Waals surface area contributed by atoms with Gasteiger partial charge < -0.3 is 24.4 Å². The van der Waals surface area contributed by atoms with Gasteiger partial charge in [0.2, 0.25) is 16.8 Å². The fourth-order valence-electron chi connectivity index (χ4n) is 5.51. The molecule has 3 atom stereocenters. The van der Waals surface area contributed by atoms with Gasteiger partial charge >= 0.3 is 0 Å². The van der Waals surface area contributed by atoms with Crippen molar-refractivity contribution in [3.05, 3.63) is 63.1 Å². The fourth-order valence-corrected chi connectivity index (χ4v) is 5.51. The van der Waals surface area contributed by atoms with Crippen molar-refractivity contribution in [1.29, 1.82) is 0 Å². The van der Waals surface area contributed by atoms with E-state index in [1.54, 1.807) is 11.8 Å². The number of ketones is 1. The van der Waals surface area contributed by atoms with Crippen LogP contribution < -0.4 is 15.5 Å². The van der Waals surface area contributed by atoms with Gasteiger partial charge in [0.05, 0.1) is 6.61 Å². The zero-order valence-corrected chi connectivity index (χ0v) is 22.5. The molecule has 3 aliphatic heterocycles. The lowest BCUT2D eigenvalue weighted by Gasteiger charge is -2.41. The first-order valence-electron chi connectivity index (χ1n) is 13.3. The number of fused-ring (bicyclic) bond motifs is 5. The molecule has 1 saturated heterocycles. The van der Waals surface area contributed by atoms with Crippen LogP contribution in [0.15, 0.2) is 34.3 Å². The van der Waals surface area contributed by atoms with Gasteiger partial charge in [-0.25, -0.2) is 8.78 Å². The molecule has 40 heavy (non-hydrogen) atoms. The number of carbonyl (C=O) groups excluding carboxylic acids is 3. The quantitative estimate of drug-likeness (QED) is 0.524. The van der Waals surface area contributed by atoms with Crippen LogP contribution >= 0.6 is 0 Å². The number of pyridine rings is 1. The normalized spacial score (nSPS) is 23.4. The lowest BCUT2D eigenvalue weighted by Crippen LogP contribution is -2.55. The summed E-state index contributed by atoms with van der Waals surface area (Å²) in [5.74, 6) is -3.52. The van der Waals surface area contributed by atoms with Gasteiger partial charge in [0.25, 0.3) is 11.8 Å². The molecule has 0 saturated carbocycles. The van der Waals surface area contributed by atoms with Crippen LogP contribution in [-0.4, -0.2) is 57.6 Å². The lowest BCUT2D eigenvalue weighted by molar-refractivity contribution is -0.140. The van der Waals surface area contributed by atoms with E-state index in [4.69, 9.17) is 9.57 Å². The van der Waals surface area contributed by atoms with E-state index in [1.165, 1.54) is 16.8 Å². The summed E-state index contributed by atoms with van der Waals surface area (Å²) in [7, 11) is 0. The number of hydrogen-bond acceptors (Lipinski definition) is 7. The Morgan fingerprint density at radius 1 is 1.27 bits per heavy atom. The molecule has 10 nitrogen and oxygen atoms in total. The van der Waals surface area contributed by atoms with Gasteiger partial charge in [0.15, 0.2) is 11.4 Å². The number of benzene rings is 1. The average molecular weight is 557 g/mol. The van der Waals surface area contributed by atoms with Gasteiger partial charge in [0, 0.05) is 43.4 Å². The number of Topliss-reactive ketones (excluding diaryl/α,β-unsaturated/α-hetero) is 1. The Hall–Kier alpha value is -4.09. The summed E-state index contributed by atoms with van der Waals surface area (Å²) in [5, 5.41) is 6.45. The Morgan fingerprint density at radius 2 is 2.05 bits per heavy atom. The van der Waals surface area contributed by atoms with Crippen LogP contribution in [-0.2, 0) is 16.2 Å². The first-order valence-corrected chi connectivity index (χ1v) is 13.3. The van der Waals surface area contributed by atoms with E-state index in [-0.39, 0.29) is 66.2 Å². The van der Waals surface area contributed by atoms with Gasteiger partial charge in [-0.3, -0.25) is 19.2 Å². The highest BCUT2D eigenvalue weighted by Gasteiger charge is 2.58. The Kier molecular flexibility index (Phi) is 7.19. The highest BCUT2D eigenvalue weighted by molar-refractivity contribution is 6.43. The van der Waals surface area contributed by atoms with E-state index >= 15 is 0 Å². The summed E-state index contributed by atoms with van der Waals surface area (Å²) in [4.78, 5) is 61.5. The first-order chi connectivity index (χ1) is 19.1. The topological polar surface area (TPSA) is 119 Å². The van der Waals surface area contributed by atoms with Crippen LogP contribution in [0.1, 0.15) is 78.9 Å². The number of aromatic nitrogens is 1. The number of oxime groups is 1. The Labute approximate surface area is 228 Å². The predicted octanol–water partition coefficient (Wildman–Crippen LogP) is 3.13. The molecular weight excluding hydrogens is 526 g/mol. The SMILES string of the molecule is CCCCOc1c2n(cc(C(=O)NCc3ccc(F)cc3F)c1=O)[C@@H]1CN(C2=O)[C@@H](C)CC[C@]12ON=C(C)C2=O. The average Bonchev–Trinajstić information content (AvgIpc) is 3.13. The molecule has 5 rings (SSSR count). The van der Waals surface area contributed by atoms with Crippen molar-refractivity contribution in [3.63, 3.8) is 0 Å². The number of nitrogens with one attached hydrogen (secondary N) is 1. The van der Waals surface area contributed by atoms with Crippen molar-refractivity contribution in [2.75, 3.05) is 13.2 Å². The van der Waals surface area contributed by atoms with E-state index in [9.17, 15) is 28.0 Å². The molecule has 0 radical (unpaired) electrons. The van der Waals surface area contributed by atoms with E-state index in [1.807, 2.05) is 13.8 Å². The molecule has 1 N–H and O–H groups in total. The number of carbonyl (C=O) groups is 3. The summed E-state index contributed by atoms with van der Waals surface area (Å²) in [6.07, 6.45) is 3.32. The third kappa shape index (κ3) is 4.44. The molecule has 2 bridgehead atoms. The summed E-state index contributed by atoms with van der Waals surface area (Å²) >= 11 is 0. The van der Waals surface area contributed by atoms with Crippen molar-refractivity contribution < 1.29 is 32.7 Å².